The third-order valence-corrected chi connectivity index (χ3v) is 14.7. The van der Waals surface area contributed by atoms with E-state index in [1.165, 1.54) is 60.3 Å². The van der Waals surface area contributed by atoms with Crippen LogP contribution >= 0.6 is 11.3 Å². The van der Waals surface area contributed by atoms with Crippen molar-refractivity contribution >= 4 is 53.6 Å². The first kappa shape index (κ1) is 34.8. The molecule has 292 valence electrons. The molecule has 4 heteroatoms. The van der Waals surface area contributed by atoms with Crippen molar-refractivity contribution < 1.29 is 4.42 Å². The molecule has 63 heavy (non-hydrogen) atoms. The number of hydrogen-bond acceptors (Lipinski definition) is 4. The number of thiophene rings is 1. The zero-order valence-corrected chi connectivity index (χ0v) is 34.7. The van der Waals surface area contributed by atoms with Gasteiger partial charge in [0.1, 0.15) is 11.2 Å². The van der Waals surface area contributed by atoms with Crippen molar-refractivity contribution in [3.63, 3.8) is 0 Å². The minimum Gasteiger partial charge on any atom is -0.456 e. The predicted molar refractivity (Wildman–Crippen MR) is 260 cm³/mol. The Morgan fingerprint density at radius 3 is 1.67 bits per heavy atom. The molecule has 3 nitrogen and oxygen atoms in total. The van der Waals surface area contributed by atoms with Gasteiger partial charge in [-0.1, -0.05) is 170 Å². The predicted octanol–water partition coefficient (Wildman–Crippen LogP) is 15.8. The number of benzene rings is 9. The molecule has 14 rings (SSSR count). The molecule has 1 spiro atoms. The van der Waals surface area contributed by atoms with Crippen molar-refractivity contribution in [1.29, 1.82) is 0 Å². The standard InChI is InChI=1S/C59H34N2OS/c1-3-14-35(15-4-1)37-28-31-53-46(32-37)56-57(63-53)55(36-16-5-2-6-17-36)60-58(61-56)45-21-13-25-51-54(45)44-30-27-39(34-52(44)62-51)38-26-29-43-42-20-9-12-24-49(42)59(50(43)33-38)47-22-10-7-18-40(47)41-19-8-11-23-48(41)59/h1-34H. The lowest BCUT2D eigenvalue weighted by atomic mass is 9.70. The summed E-state index contributed by atoms with van der Waals surface area (Å²) in [5, 5.41) is 3.19. The third-order valence-electron chi connectivity index (χ3n) is 13.5. The summed E-state index contributed by atoms with van der Waals surface area (Å²) in [6.07, 6.45) is 0. The van der Waals surface area contributed by atoms with Crippen LogP contribution in [0.2, 0.25) is 0 Å². The fourth-order valence-corrected chi connectivity index (χ4v) is 12.0. The highest BCUT2D eigenvalue weighted by Crippen LogP contribution is 2.63. The second-order valence-electron chi connectivity index (χ2n) is 16.8. The molecule has 3 aromatic heterocycles. The lowest BCUT2D eigenvalue weighted by molar-refractivity contribution is 0.669. The second-order valence-corrected chi connectivity index (χ2v) is 17.8. The number of furan rings is 1. The average Bonchev–Trinajstić information content (AvgIpc) is 4.09. The van der Waals surface area contributed by atoms with Gasteiger partial charge in [0.15, 0.2) is 5.82 Å². The van der Waals surface area contributed by atoms with Gasteiger partial charge in [0, 0.05) is 32.0 Å². The van der Waals surface area contributed by atoms with E-state index in [1.807, 2.05) is 0 Å². The number of nitrogens with zero attached hydrogens (tertiary/aromatic N) is 2. The van der Waals surface area contributed by atoms with E-state index >= 15 is 0 Å². The zero-order valence-electron chi connectivity index (χ0n) is 33.8. The summed E-state index contributed by atoms with van der Waals surface area (Å²) in [6, 6.07) is 74.7. The van der Waals surface area contributed by atoms with Gasteiger partial charge in [-0.2, -0.15) is 0 Å². The molecule has 0 N–H and O–H groups in total. The van der Waals surface area contributed by atoms with Gasteiger partial charge in [-0.05, 0) is 103 Å². The number of rotatable bonds is 4. The quantitative estimate of drug-likeness (QED) is 0.178. The molecule has 0 saturated carbocycles. The maximum Gasteiger partial charge on any atom is 0.161 e. The lowest BCUT2D eigenvalue weighted by Crippen LogP contribution is -2.25. The summed E-state index contributed by atoms with van der Waals surface area (Å²) in [4.78, 5) is 10.8. The van der Waals surface area contributed by atoms with Crippen molar-refractivity contribution in [2.45, 2.75) is 5.41 Å². The fraction of sp³-hybridized carbons (Fsp3) is 0.0169. The molecular formula is C59H34N2OS. The topological polar surface area (TPSA) is 38.9 Å². The van der Waals surface area contributed by atoms with Gasteiger partial charge in [-0.25, -0.2) is 9.97 Å². The van der Waals surface area contributed by atoms with E-state index < -0.39 is 5.41 Å². The Bertz CT molecular complexity index is 3800. The van der Waals surface area contributed by atoms with Gasteiger partial charge in [0.25, 0.3) is 0 Å². The minimum absolute atomic E-state index is 0.399. The van der Waals surface area contributed by atoms with Crippen LogP contribution in [0.15, 0.2) is 211 Å². The molecule has 0 amide bonds. The molecule has 0 fully saturated rings. The highest BCUT2D eigenvalue weighted by atomic mass is 32.1. The van der Waals surface area contributed by atoms with Crippen molar-refractivity contribution in [2.75, 3.05) is 0 Å². The first-order valence-electron chi connectivity index (χ1n) is 21.5. The van der Waals surface area contributed by atoms with Crippen molar-refractivity contribution in [3.8, 4) is 67.2 Å². The minimum atomic E-state index is -0.399. The van der Waals surface area contributed by atoms with E-state index in [-0.39, 0.29) is 0 Å². The van der Waals surface area contributed by atoms with Crippen molar-refractivity contribution in [3.05, 3.63) is 229 Å². The van der Waals surface area contributed by atoms with Crippen LogP contribution in [0.5, 0.6) is 0 Å². The summed E-state index contributed by atoms with van der Waals surface area (Å²) in [5.41, 5.74) is 20.4. The lowest BCUT2D eigenvalue weighted by Gasteiger charge is -2.30. The van der Waals surface area contributed by atoms with Crippen LogP contribution < -0.4 is 0 Å². The molecular weight excluding hydrogens is 785 g/mol. The van der Waals surface area contributed by atoms with Gasteiger partial charge >= 0.3 is 0 Å². The van der Waals surface area contributed by atoms with Crippen LogP contribution in [0.3, 0.4) is 0 Å². The van der Waals surface area contributed by atoms with Crippen molar-refractivity contribution in [2.24, 2.45) is 0 Å². The molecule has 2 aliphatic rings. The molecule has 0 radical (unpaired) electrons. The van der Waals surface area contributed by atoms with Crippen LogP contribution in [0.4, 0.5) is 0 Å². The largest absolute Gasteiger partial charge is 0.456 e. The SMILES string of the molecule is c1ccc(-c2ccc3sc4c(-c5ccccc5)nc(-c5cccc6oc7cc(-c8ccc9c(c8)C8(c%10ccccc%10-c%10ccccc%108)c8ccccc8-9)ccc7c56)nc4c3c2)cc1. The summed E-state index contributed by atoms with van der Waals surface area (Å²) in [7, 11) is 0. The maximum absolute atomic E-state index is 6.78. The molecule has 0 bridgehead atoms. The maximum atomic E-state index is 6.78. The number of aromatic nitrogens is 2. The fourth-order valence-electron chi connectivity index (χ4n) is 10.8. The first-order chi connectivity index (χ1) is 31.2. The highest BCUT2D eigenvalue weighted by Gasteiger charge is 2.51. The smallest absolute Gasteiger partial charge is 0.161 e. The highest BCUT2D eigenvalue weighted by molar-refractivity contribution is 7.26. The molecule has 0 aliphatic heterocycles. The zero-order chi connectivity index (χ0) is 41.2. The second kappa shape index (κ2) is 13.0. The molecule has 0 saturated heterocycles. The van der Waals surface area contributed by atoms with E-state index in [4.69, 9.17) is 14.4 Å². The summed E-state index contributed by atoms with van der Waals surface area (Å²) in [6.45, 7) is 0. The molecule has 2 aliphatic carbocycles. The number of fused-ring (bicyclic) bond motifs is 16. The summed E-state index contributed by atoms with van der Waals surface area (Å²) in [5.74, 6) is 0.684. The monoisotopic (exact) mass is 818 g/mol. The third kappa shape index (κ3) is 4.84. The van der Waals surface area contributed by atoms with Gasteiger partial charge in [-0.3, -0.25) is 0 Å². The summed E-state index contributed by atoms with van der Waals surface area (Å²) < 4.78 is 9.05. The Kier molecular flexibility index (Phi) is 7.20. The van der Waals surface area contributed by atoms with E-state index in [0.717, 1.165) is 65.5 Å². The molecule has 0 unspecified atom stereocenters. The van der Waals surface area contributed by atoms with Gasteiger partial charge < -0.3 is 4.42 Å². The van der Waals surface area contributed by atoms with Crippen molar-refractivity contribution in [1.82, 2.24) is 9.97 Å². The van der Waals surface area contributed by atoms with E-state index in [9.17, 15) is 0 Å². The molecule has 0 atom stereocenters. The normalized spacial score (nSPS) is 13.2. The number of hydrogen-bond donors (Lipinski definition) is 0. The Balaban J connectivity index is 0.944. The average molecular weight is 819 g/mol. The van der Waals surface area contributed by atoms with Crippen LogP contribution in [-0.2, 0) is 5.41 Å². The van der Waals surface area contributed by atoms with E-state index in [2.05, 4.69) is 206 Å². The van der Waals surface area contributed by atoms with Crippen LogP contribution in [0, 0.1) is 0 Å². The Labute approximate surface area is 367 Å². The van der Waals surface area contributed by atoms with Gasteiger partial charge in [0.05, 0.1) is 21.3 Å². The molecule has 9 aromatic carbocycles. The van der Waals surface area contributed by atoms with Crippen LogP contribution in [0.25, 0.3) is 109 Å². The van der Waals surface area contributed by atoms with Gasteiger partial charge in [-0.15, -0.1) is 11.3 Å². The Morgan fingerprint density at radius 1 is 0.381 bits per heavy atom. The Hall–Kier alpha value is -7.92. The van der Waals surface area contributed by atoms with E-state index in [1.54, 1.807) is 11.3 Å². The van der Waals surface area contributed by atoms with Crippen LogP contribution in [0.1, 0.15) is 22.3 Å². The first-order valence-corrected chi connectivity index (χ1v) is 22.3. The van der Waals surface area contributed by atoms with Gasteiger partial charge in [0.2, 0.25) is 0 Å². The van der Waals surface area contributed by atoms with Crippen LogP contribution in [-0.4, -0.2) is 9.97 Å². The summed E-state index contributed by atoms with van der Waals surface area (Å²) >= 11 is 1.76. The Morgan fingerprint density at radius 2 is 0.952 bits per heavy atom. The molecule has 3 heterocycles. The van der Waals surface area contributed by atoms with E-state index in [0.29, 0.717) is 5.82 Å². The molecule has 12 aromatic rings.